The Morgan fingerprint density at radius 3 is 2.54 bits per heavy atom. The summed E-state index contributed by atoms with van der Waals surface area (Å²) in [4.78, 5) is 37.1. The molecule has 3 rings (SSSR count). The van der Waals surface area contributed by atoms with Crippen LogP contribution < -0.4 is 0 Å². The molecule has 6 heteroatoms. The number of thioether (sulfide) groups is 1. The smallest absolute Gasteiger partial charge is 0.335 e. The van der Waals surface area contributed by atoms with E-state index in [-0.39, 0.29) is 23.3 Å². The van der Waals surface area contributed by atoms with E-state index in [0.29, 0.717) is 10.5 Å². The number of carboxylic acid groups (broad SMARTS) is 1. The molecule has 1 aliphatic heterocycles. The van der Waals surface area contributed by atoms with Gasteiger partial charge in [-0.15, -0.1) is 0 Å². The molecule has 0 aliphatic carbocycles. The second-order valence-corrected chi connectivity index (χ2v) is 6.18. The summed E-state index contributed by atoms with van der Waals surface area (Å²) in [6.45, 7) is 0.0535. The minimum atomic E-state index is -1.05. The summed E-state index contributed by atoms with van der Waals surface area (Å²) < 4.78 is 0. The zero-order valence-corrected chi connectivity index (χ0v) is 13.3. The number of carbonyl (C=O) groups excluding carboxylic acids is 2. The Bertz CT molecular complexity index is 845. The standard InChI is InChI=1S/C18H13NO4S/c20-16-15(10-12-5-2-1-3-6-12)24-18(23)19(16)11-13-7-4-8-14(9-13)17(21)22/h1-10H,11H2,(H,21,22)/b15-10-. The van der Waals surface area contributed by atoms with Gasteiger partial charge < -0.3 is 5.11 Å². The van der Waals surface area contributed by atoms with Crippen molar-refractivity contribution in [2.45, 2.75) is 6.54 Å². The van der Waals surface area contributed by atoms with E-state index in [2.05, 4.69) is 0 Å². The summed E-state index contributed by atoms with van der Waals surface area (Å²) in [6.07, 6.45) is 1.68. The maximum atomic E-state index is 12.4. The Balaban J connectivity index is 1.81. The summed E-state index contributed by atoms with van der Waals surface area (Å²) in [5.74, 6) is -1.41. The number of benzene rings is 2. The van der Waals surface area contributed by atoms with Crippen LogP contribution in [0.2, 0.25) is 0 Å². The Morgan fingerprint density at radius 1 is 1.08 bits per heavy atom. The molecule has 0 saturated carbocycles. The van der Waals surface area contributed by atoms with Gasteiger partial charge in [-0.05, 0) is 41.1 Å². The van der Waals surface area contributed by atoms with Gasteiger partial charge in [-0.2, -0.15) is 0 Å². The number of carboxylic acids is 1. The van der Waals surface area contributed by atoms with Crippen LogP contribution in [0, 0.1) is 0 Å². The molecule has 1 saturated heterocycles. The van der Waals surface area contributed by atoms with Crippen molar-refractivity contribution in [1.29, 1.82) is 0 Å². The van der Waals surface area contributed by atoms with E-state index >= 15 is 0 Å². The van der Waals surface area contributed by atoms with Crippen LogP contribution in [-0.4, -0.2) is 27.1 Å². The first kappa shape index (κ1) is 16.0. The molecule has 120 valence electrons. The van der Waals surface area contributed by atoms with Gasteiger partial charge >= 0.3 is 5.97 Å². The molecule has 0 radical (unpaired) electrons. The monoisotopic (exact) mass is 339 g/mol. The van der Waals surface area contributed by atoms with Gasteiger partial charge in [-0.25, -0.2) is 4.79 Å². The highest BCUT2D eigenvalue weighted by molar-refractivity contribution is 8.18. The zero-order valence-electron chi connectivity index (χ0n) is 12.5. The maximum Gasteiger partial charge on any atom is 0.335 e. The minimum absolute atomic E-state index is 0.0535. The number of hydrogen-bond donors (Lipinski definition) is 1. The van der Waals surface area contributed by atoms with Crippen molar-refractivity contribution in [1.82, 2.24) is 4.90 Å². The third-order valence-corrected chi connectivity index (χ3v) is 4.39. The summed E-state index contributed by atoms with van der Waals surface area (Å²) in [7, 11) is 0. The average Bonchev–Trinajstić information content (AvgIpc) is 2.83. The van der Waals surface area contributed by atoms with Crippen molar-refractivity contribution < 1.29 is 19.5 Å². The van der Waals surface area contributed by atoms with Crippen molar-refractivity contribution in [3.05, 3.63) is 76.2 Å². The van der Waals surface area contributed by atoms with Crippen molar-refractivity contribution in [2.75, 3.05) is 0 Å². The van der Waals surface area contributed by atoms with Gasteiger partial charge in [-0.1, -0.05) is 42.5 Å². The molecule has 24 heavy (non-hydrogen) atoms. The average molecular weight is 339 g/mol. The van der Waals surface area contributed by atoms with Crippen LogP contribution in [0.4, 0.5) is 4.79 Å². The van der Waals surface area contributed by atoms with E-state index in [0.717, 1.165) is 22.2 Å². The van der Waals surface area contributed by atoms with Crippen molar-refractivity contribution in [3.63, 3.8) is 0 Å². The zero-order chi connectivity index (χ0) is 17.1. The van der Waals surface area contributed by atoms with E-state index in [1.165, 1.54) is 12.1 Å². The highest BCUT2D eigenvalue weighted by Gasteiger charge is 2.35. The molecule has 0 spiro atoms. The molecule has 1 fully saturated rings. The molecule has 1 heterocycles. The second kappa shape index (κ2) is 6.72. The summed E-state index contributed by atoms with van der Waals surface area (Å²) in [5.41, 5.74) is 1.56. The lowest BCUT2D eigenvalue weighted by Crippen LogP contribution is -2.27. The summed E-state index contributed by atoms with van der Waals surface area (Å²) in [5, 5.41) is 8.66. The minimum Gasteiger partial charge on any atom is -0.478 e. The first-order chi connectivity index (χ1) is 11.5. The van der Waals surface area contributed by atoms with Gasteiger partial charge in [0.1, 0.15) is 0 Å². The molecule has 1 N–H and O–H groups in total. The molecule has 1 aliphatic rings. The molecule has 2 amide bonds. The normalized spacial score (nSPS) is 16.0. The number of amides is 2. The molecule has 0 atom stereocenters. The highest BCUT2D eigenvalue weighted by Crippen LogP contribution is 2.33. The topological polar surface area (TPSA) is 74.7 Å². The van der Waals surface area contributed by atoms with E-state index < -0.39 is 5.97 Å². The van der Waals surface area contributed by atoms with Crippen LogP contribution in [0.25, 0.3) is 6.08 Å². The number of nitrogens with zero attached hydrogens (tertiary/aromatic N) is 1. The quantitative estimate of drug-likeness (QED) is 0.861. The van der Waals surface area contributed by atoms with Crippen LogP contribution in [0.5, 0.6) is 0 Å². The number of carbonyl (C=O) groups is 3. The third kappa shape index (κ3) is 3.38. The van der Waals surface area contributed by atoms with E-state index in [4.69, 9.17) is 5.11 Å². The number of aromatic carboxylic acids is 1. The maximum absolute atomic E-state index is 12.4. The fourth-order valence-electron chi connectivity index (χ4n) is 2.32. The van der Waals surface area contributed by atoms with Crippen LogP contribution in [0.15, 0.2) is 59.5 Å². The van der Waals surface area contributed by atoms with Crippen molar-refractivity contribution in [2.24, 2.45) is 0 Å². The van der Waals surface area contributed by atoms with E-state index in [1.54, 1.807) is 18.2 Å². The molecule has 0 unspecified atom stereocenters. The third-order valence-electron chi connectivity index (χ3n) is 3.49. The predicted octanol–water partition coefficient (Wildman–Crippen LogP) is 3.62. The van der Waals surface area contributed by atoms with Crippen molar-refractivity contribution in [3.8, 4) is 0 Å². The predicted molar refractivity (Wildman–Crippen MR) is 91.4 cm³/mol. The fraction of sp³-hybridized carbons (Fsp3) is 0.0556. The van der Waals surface area contributed by atoms with Gasteiger partial charge in [-0.3, -0.25) is 14.5 Å². The lowest BCUT2D eigenvalue weighted by molar-refractivity contribution is -0.123. The van der Waals surface area contributed by atoms with Gasteiger partial charge in [0.05, 0.1) is 17.0 Å². The van der Waals surface area contributed by atoms with E-state index in [9.17, 15) is 14.4 Å². The first-order valence-corrected chi connectivity index (χ1v) is 7.99. The fourth-order valence-corrected chi connectivity index (χ4v) is 3.16. The highest BCUT2D eigenvalue weighted by atomic mass is 32.2. The Kier molecular flexibility index (Phi) is 4.48. The van der Waals surface area contributed by atoms with Crippen LogP contribution in [0.1, 0.15) is 21.5 Å². The first-order valence-electron chi connectivity index (χ1n) is 7.17. The number of imide groups is 1. The molecule has 5 nitrogen and oxygen atoms in total. The lowest BCUT2D eigenvalue weighted by Gasteiger charge is -2.12. The number of hydrogen-bond acceptors (Lipinski definition) is 4. The Labute approximate surface area is 142 Å². The van der Waals surface area contributed by atoms with Crippen LogP contribution in [-0.2, 0) is 11.3 Å². The molecule has 2 aromatic rings. The second-order valence-electron chi connectivity index (χ2n) is 5.18. The van der Waals surface area contributed by atoms with Gasteiger partial charge in [0.2, 0.25) is 0 Å². The Hall–Kier alpha value is -2.86. The van der Waals surface area contributed by atoms with Gasteiger partial charge in [0.15, 0.2) is 0 Å². The molecular formula is C18H13NO4S. The van der Waals surface area contributed by atoms with Crippen LogP contribution in [0.3, 0.4) is 0 Å². The molecule has 0 aromatic heterocycles. The lowest BCUT2D eigenvalue weighted by atomic mass is 10.1. The largest absolute Gasteiger partial charge is 0.478 e. The van der Waals surface area contributed by atoms with Crippen molar-refractivity contribution >= 4 is 35.0 Å². The summed E-state index contributed by atoms with van der Waals surface area (Å²) >= 11 is 0.889. The molecule has 0 bridgehead atoms. The SMILES string of the molecule is O=C(O)c1cccc(CN2C(=O)S/C(=C\c3ccccc3)C2=O)c1. The molecular weight excluding hydrogens is 326 g/mol. The van der Waals surface area contributed by atoms with Gasteiger partial charge in [0, 0.05) is 0 Å². The number of rotatable bonds is 4. The molecule has 2 aromatic carbocycles. The van der Waals surface area contributed by atoms with E-state index in [1.807, 2.05) is 30.3 Å². The van der Waals surface area contributed by atoms with Gasteiger partial charge in [0.25, 0.3) is 11.1 Å². The Morgan fingerprint density at radius 2 is 1.83 bits per heavy atom. The summed E-state index contributed by atoms with van der Waals surface area (Å²) in [6, 6.07) is 15.5. The van der Waals surface area contributed by atoms with Crippen LogP contribution >= 0.6 is 11.8 Å².